The Hall–Kier alpha value is -2.75. The lowest BCUT2D eigenvalue weighted by atomic mass is 9.80. The van der Waals surface area contributed by atoms with Gasteiger partial charge in [-0.25, -0.2) is 19.9 Å². The van der Waals surface area contributed by atoms with E-state index in [1.165, 1.54) is 10.6 Å². The molecule has 0 aromatic carbocycles. The second-order valence-corrected chi connectivity index (χ2v) is 7.66. The van der Waals surface area contributed by atoms with Gasteiger partial charge < -0.3 is 9.64 Å². The molecule has 2 aliphatic rings. The number of fused-ring (bicyclic) bond motifs is 1. The molecule has 5 rings (SSSR count). The number of aromatic nitrogens is 5. The Kier molecular flexibility index (Phi) is 4.19. The van der Waals surface area contributed by atoms with Gasteiger partial charge in [0.1, 0.15) is 11.5 Å². The summed E-state index contributed by atoms with van der Waals surface area (Å²) < 4.78 is 46.0. The molecule has 0 N–H and O–H groups in total. The van der Waals surface area contributed by atoms with Crippen molar-refractivity contribution in [3.8, 4) is 11.5 Å². The summed E-state index contributed by atoms with van der Waals surface area (Å²) in [5.41, 5.74) is -0.0135. The molecule has 0 unspecified atom stereocenters. The second-order valence-electron chi connectivity index (χ2n) is 7.66. The van der Waals surface area contributed by atoms with E-state index in [1.807, 2.05) is 6.07 Å². The SMILES string of the molecule is FC(F)(F)c1cn2c(-c3nccc(N4CCC5(CCOCC5)C4)n3)cnc2cn1. The van der Waals surface area contributed by atoms with Gasteiger partial charge in [-0.15, -0.1) is 0 Å². The molecular formula is C19H19F3N6O. The van der Waals surface area contributed by atoms with Crippen molar-refractivity contribution in [1.82, 2.24) is 24.3 Å². The first-order chi connectivity index (χ1) is 13.9. The molecule has 5 heterocycles. The third-order valence-corrected chi connectivity index (χ3v) is 5.87. The van der Waals surface area contributed by atoms with Crippen LogP contribution >= 0.6 is 0 Å². The third kappa shape index (κ3) is 3.31. The summed E-state index contributed by atoms with van der Waals surface area (Å²) in [7, 11) is 0. The maximum atomic E-state index is 13.1. The molecule has 0 bridgehead atoms. The van der Waals surface area contributed by atoms with Crippen LogP contribution in [0.5, 0.6) is 0 Å². The van der Waals surface area contributed by atoms with Gasteiger partial charge in [-0.2, -0.15) is 13.2 Å². The van der Waals surface area contributed by atoms with Gasteiger partial charge in [-0.3, -0.25) is 4.40 Å². The van der Waals surface area contributed by atoms with Crippen LogP contribution in [-0.2, 0) is 10.9 Å². The fourth-order valence-electron chi connectivity index (χ4n) is 4.19. The number of rotatable bonds is 2. The largest absolute Gasteiger partial charge is 0.434 e. The Bertz CT molecular complexity index is 1040. The van der Waals surface area contributed by atoms with Crippen molar-refractivity contribution < 1.29 is 17.9 Å². The van der Waals surface area contributed by atoms with Gasteiger partial charge in [0.05, 0.1) is 12.4 Å². The van der Waals surface area contributed by atoms with Gasteiger partial charge in [0.15, 0.2) is 17.2 Å². The molecule has 2 saturated heterocycles. The predicted octanol–water partition coefficient (Wildman–Crippen LogP) is 3.21. The van der Waals surface area contributed by atoms with E-state index >= 15 is 0 Å². The van der Waals surface area contributed by atoms with Gasteiger partial charge in [0.25, 0.3) is 0 Å². The summed E-state index contributed by atoms with van der Waals surface area (Å²) in [5.74, 6) is 1.11. The molecule has 29 heavy (non-hydrogen) atoms. The van der Waals surface area contributed by atoms with E-state index in [-0.39, 0.29) is 5.41 Å². The van der Waals surface area contributed by atoms with E-state index < -0.39 is 11.9 Å². The first-order valence-corrected chi connectivity index (χ1v) is 9.50. The Morgan fingerprint density at radius 3 is 2.66 bits per heavy atom. The van der Waals surface area contributed by atoms with Crippen LogP contribution < -0.4 is 4.90 Å². The van der Waals surface area contributed by atoms with Crippen molar-refractivity contribution in [2.24, 2.45) is 5.41 Å². The van der Waals surface area contributed by atoms with E-state index in [0.29, 0.717) is 17.2 Å². The summed E-state index contributed by atoms with van der Waals surface area (Å²) in [4.78, 5) is 18.7. The zero-order valence-corrected chi connectivity index (χ0v) is 15.6. The van der Waals surface area contributed by atoms with Gasteiger partial charge in [-0.05, 0) is 30.7 Å². The first kappa shape index (κ1) is 18.3. The molecule has 0 radical (unpaired) electrons. The number of alkyl halides is 3. The minimum Gasteiger partial charge on any atom is -0.381 e. The normalized spacial score (nSPS) is 19.3. The smallest absolute Gasteiger partial charge is 0.381 e. The highest BCUT2D eigenvalue weighted by atomic mass is 19.4. The minimum absolute atomic E-state index is 0.264. The van der Waals surface area contributed by atoms with E-state index in [0.717, 1.165) is 63.8 Å². The van der Waals surface area contributed by atoms with Gasteiger partial charge >= 0.3 is 6.18 Å². The Balaban J connectivity index is 1.47. The molecule has 0 saturated carbocycles. The average molecular weight is 404 g/mol. The van der Waals surface area contributed by atoms with E-state index in [2.05, 4.69) is 24.8 Å². The zero-order valence-electron chi connectivity index (χ0n) is 15.6. The van der Waals surface area contributed by atoms with Crippen LogP contribution in [0.15, 0.2) is 30.9 Å². The third-order valence-electron chi connectivity index (χ3n) is 5.87. The van der Waals surface area contributed by atoms with E-state index in [9.17, 15) is 13.2 Å². The highest BCUT2D eigenvalue weighted by Gasteiger charge is 2.40. The van der Waals surface area contributed by atoms with Crippen LogP contribution in [0.25, 0.3) is 17.2 Å². The molecule has 3 aromatic heterocycles. The van der Waals surface area contributed by atoms with Crippen molar-refractivity contribution in [1.29, 1.82) is 0 Å². The predicted molar refractivity (Wildman–Crippen MR) is 98.3 cm³/mol. The van der Waals surface area contributed by atoms with Crippen molar-refractivity contribution in [2.45, 2.75) is 25.4 Å². The number of ether oxygens (including phenoxy) is 1. The van der Waals surface area contributed by atoms with Crippen molar-refractivity contribution in [2.75, 3.05) is 31.2 Å². The highest BCUT2D eigenvalue weighted by molar-refractivity contribution is 5.58. The van der Waals surface area contributed by atoms with Crippen LogP contribution in [0.3, 0.4) is 0 Å². The number of nitrogens with zero attached hydrogens (tertiary/aromatic N) is 6. The minimum atomic E-state index is -4.54. The molecule has 0 atom stereocenters. The maximum Gasteiger partial charge on any atom is 0.434 e. The number of halogens is 3. The zero-order chi connectivity index (χ0) is 20.1. The maximum absolute atomic E-state index is 13.1. The van der Waals surface area contributed by atoms with Crippen LogP contribution in [0.1, 0.15) is 25.0 Å². The molecule has 0 amide bonds. The monoisotopic (exact) mass is 404 g/mol. The molecule has 7 nitrogen and oxygen atoms in total. The lowest BCUT2D eigenvalue weighted by molar-refractivity contribution is -0.141. The van der Waals surface area contributed by atoms with E-state index in [1.54, 1.807) is 6.20 Å². The lowest BCUT2D eigenvalue weighted by Gasteiger charge is -2.33. The fourth-order valence-corrected chi connectivity index (χ4v) is 4.19. The quantitative estimate of drug-likeness (QED) is 0.653. The van der Waals surface area contributed by atoms with Crippen LogP contribution in [-0.4, -0.2) is 50.6 Å². The van der Waals surface area contributed by atoms with Crippen molar-refractivity contribution in [3.63, 3.8) is 0 Å². The second kappa shape index (κ2) is 6.65. The molecule has 0 aliphatic carbocycles. The standard InChI is InChI=1S/C19H19F3N6O/c20-19(21,22)14-11-28-13(9-25-16(28)10-24-14)17-23-5-1-15(26-17)27-6-2-18(12-27)3-7-29-8-4-18/h1,5,9-11H,2-4,6-8,12H2. The molecule has 152 valence electrons. The Morgan fingerprint density at radius 1 is 1.03 bits per heavy atom. The Labute approximate surface area is 164 Å². The topological polar surface area (TPSA) is 68.4 Å². The van der Waals surface area contributed by atoms with Crippen LogP contribution in [0.4, 0.5) is 19.0 Å². The number of hydrogen-bond acceptors (Lipinski definition) is 6. The fraction of sp³-hybridized carbons (Fsp3) is 0.474. The lowest BCUT2D eigenvalue weighted by Crippen LogP contribution is -2.33. The summed E-state index contributed by atoms with van der Waals surface area (Å²) in [6.45, 7) is 3.38. The molecule has 10 heteroatoms. The molecular weight excluding hydrogens is 385 g/mol. The van der Waals surface area contributed by atoms with Gasteiger partial charge in [0, 0.05) is 38.7 Å². The number of hydrogen-bond donors (Lipinski definition) is 0. The Morgan fingerprint density at radius 2 is 1.86 bits per heavy atom. The number of imidazole rings is 1. The highest BCUT2D eigenvalue weighted by Crippen LogP contribution is 2.41. The molecule has 3 aromatic rings. The first-order valence-electron chi connectivity index (χ1n) is 9.50. The summed E-state index contributed by atoms with van der Waals surface area (Å²) in [5, 5.41) is 0. The van der Waals surface area contributed by atoms with Gasteiger partial charge in [0.2, 0.25) is 0 Å². The number of anilines is 1. The van der Waals surface area contributed by atoms with Gasteiger partial charge in [-0.1, -0.05) is 0 Å². The molecule has 2 aliphatic heterocycles. The average Bonchev–Trinajstić information content (AvgIpc) is 3.32. The van der Waals surface area contributed by atoms with Crippen LogP contribution in [0, 0.1) is 5.41 Å². The van der Waals surface area contributed by atoms with Crippen molar-refractivity contribution >= 4 is 11.5 Å². The van der Waals surface area contributed by atoms with Crippen LogP contribution in [0.2, 0.25) is 0 Å². The molecule has 2 fully saturated rings. The summed E-state index contributed by atoms with van der Waals surface area (Å²) in [6, 6.07) is 1.84. The van der Waals surface area contributed by atoms with E-state index in [4.69, 9.17) is 4.74 Å². The molecule has 1 spiro atoms. The van der Waals surface area contributed by atoms with Crippen molar-refractivity contribution in [3.05, 3.63) is 36.5 Å². The summed E-state index contributed by atoms with van der Waals surface area (Å²) >= 11 is 0. The summed E-state index contributed by atoms with van der Waals surface area (Å²) in [6.07, 6.45) is 3.78.